The van der Waals surface area contributed by atoms with Gasteiger partial charge in [-0.25, -0.2) is 14.1 Å². The lowest BCUT2D eigenvalue weighted by Gasteiger charge is -2.50. The van der Waals surface area contributed by atoms with Crippen molar-refractivity contribution < 1.29 is 51.4 Å². The van der Waals surface area contributed by atoms with Crippen LogP contribution in [-0.4, -0.2) is 55.8 Å². The van der Waals surface area contributed by atoms with Gasteiger partial charge >= 0.3 is 12.4 Å². The summed E-state index contributed by atoms with van der Waals surface area (Å²) in [5.74, 6) is -11.5. The van der Waals surface area contributed by atoms with Crippen molar-refractivity contribution in [1.29, 1.82) is 0 Å². The van der Waals surface area contributed by atoms with Crippen LogP contribution in [0, 0.1) is 23.6 Å². The highest BCUT2D eigenvalue weighted by atomic mass is 35.5. The molecular weight excluding hydrogens is 637 g/mol. The average Bonchev–Trinajstić information content (AvgIpc) is 3.28. The van der Waals surface area contributed by atoms with Gasteiger partial charge in [-0.3, -0.25) is 19.2 Å². The standard InChI is InChI=1S/C28H19Cl2F4N3O7/c29-26-10-17-14(6-7-15-19(17)22(40)37(21(15)39)25(35)43)20(16-9-13(5-8-18(16)38)44-28(32,33)34)27(26,30)24(42)36(23(26)41)12-3-1-11(31)2-4-12/h1-6,8-9,15,17,19-20,38H,7,10H2,(H2,35,43). The van der Waals surface area contributed by atoms with E-state index in [1.54, 1.807) is 0 Å². The number of hydrogen-bond acceptors (Lipinski definition) is 7. The summed E-state index contributed by atoms with van der Waals surface area (Å²) < 4.78 is 57.2. The number of anilines is 1. The lowest BCUT2D eigenvalue weighted by molar-refractivity contribution is -0.274. The first-order valence-corrected chi connectivity index (χ1v) is 13.7. The number of carbonyl (C=O) groups excluding carboxylic acids is 5. The van der Waals surface area contributed by atoms with E-state index in [1.165, 1.54) is 6.08 Å². The molecule has 6 atom stereocenters. The highest BCUT2D eigenvalue weighted by Gasteiger charge is 2.77. The number of imide groups is 4. The van der Waals surface area contributed by atoms with Gasteiger partial charge in [0.25, 0.3) is 11.8 Å². The number of allylic oxidation sites excluding steroid dienone is 2. The third-order valence-corrected chi connectivity index (χ3v) is 10.1. The number of nitrogens with zero attached hydrogens (tertiary/aromatic N) is 2. The lowest BCUT2D eigenvalue weighted by Crippen LogP contribution is -2.60. The number of phenolic OH excluding ortho intramolecular Hbond substituents is 1. The molecule has 0 bridgehead atoms. The third kappa shape index (κ3) is 4.03. The molecule has 6 amide bonds. The summed E-state index contributed by atoms with van der Waals surface area (Å²) >= 11 is 14.2. The van der Waals surface area contributed by atoms with Crippen LogP contribution in [0.2, 0.25) is 0 Å². The number of rotatable bonds is 3. The van der Waals surface area contributed by atoms with Crippen molar-refractivity contribution >= 4 is 58.5 Å². The SMILES string of the molecule is NC(=O)N1C(=O)C2CC=C3C(CC4(Cl)C(=O)N(c5ccc(F)cc5)C(=O)C4(Cl)C3c3cc(OC(F)(F)F)ccc3O)C2C1=O. The van der Waals surface area contributed by atoms with Gasteiger partial charge in [-0.2, -0.15) is 4.90 Å². The number of likely N-dealkylation sites (tertiary alicyclic amines) is 1. The molecule has 1 saturated carbocycles. The molecule has 2 aliphatic heterocycles. The molecule has 2 aliphatic carbocycles. The maximum absolute atomic E-state index is 14.2. The van der Waals surface area contributed by atoms with Gasteiger partial charge in [0, 0.05) is 11.5 Å². The van der Waals surface area contributed by atoms with Gasteiger partial charge in [0.15, 0.2) is 9.75 Å². The van der Waals surface area contributed by atoms with Gasteiger partial charge < -0.3 is 15.6 Å². The quantitative estimate of drug-likeness (QED) is 0.219. The zero-order valence-corrected chi connectivity index (χ0v) is 23.5. The van der Waals surface area contributed by atoms with Crippen LogP contribution >= 0.6 is 23.2 Å². The van der Waals surface area contributed by atoms with E-state index in [2.05, 4.69) is 4.74 Å². The molecule has 2 aromatic carbocycles. The Labute approximate surface area is 254 Å². The normalized spacial score (nSPS) is 31.5. The van der Waals surface area contributed by atoms with Crippen LogP contribution in [0.3, 0.4) is 0 Å². The molecule has 0 spiro atoms. The molecule has 230 valence electrons. The number of alkyl halides is 5. The number of nitrogens with two attached hydrogens (primary N) is 1. The van der Waals surface area contributed by atoms with E-state index in [9.17, 15) is 46.6 Å². The molecule has 6 unspecified atom stereocenters. The number of phenols is 1. The Bertz CT molecular complexity index is 1700. The minimum absolute atomic E-state index is 0.117. The molecule has 44 heavy (non-hydrogen) atoms. The second-order valence-corrected chi connectivity index (χ2v) is 12.1. The van der Waals surface area contributed by atoms with E-state index in [0.29, 0.717) is 4.90 Å². The molecular formula is C28H19Cl2F4N3O7. The third-order valence-electron chi connectivity index (χ3n) is 8.66. The van der Waals surface area contributed by atoms with Crippen molar-refractivity contribution in [1.82, 2.24) is 4.90 Å². The molecule has 16 heteroatoms. The summed E-state index contributed by atoms with van der Waals surface area (Å²) in [7, 11) is 0. The summed E-state index contributed by atoms with van der Waals surface area (Å²) in [5, 5.41) is 10.9. The molecule has 3 N–H and O–H groups in total. The van der Waals surface area contributed by atoms with E-state index in [-0.39, 0.29) is 22.6 Å². The van der Waals surface area contributed by atoms with Crippen molar-refractivity contribution in [3.63, 3.8) is 0 Å². The lowest BCUT2D eigenvalue weighted by atomic mass is 9.56. The summed E-state index contributed by atoms with van der Waals surface area (Å²) in [6.07, 6.45) is -4.42. The summed E-state index contributed by atoms with van der Waals surface area (Å²) in [5.41, 5.74) is 4.87. The van der Waals surface area contributed by atoms with Gasteiger partial charge in [0.1, 0.15) is 17.3 Å². The Hall–Kier alpha value is -4.17. The van der Waals surface area contributed by atoms with E-state index >= 15 is 0 Å². The number of amides is 6. The van der Waals surface area contributed by atoms with Crippen LogP contribution in [0.25, 0.3) is 0 Å². The number of benzene rings is 2. The van der Waals surface area contributed by atoms with E-state index < -0.39 is 98.7 Å². The maximum Gasteiger partial charge on any atom is 0.573 e. The largest absolute Gasteiger partial charge is 0.573 e. The molecule has 3 fully saturated rings. The van der Waals surface area contributed by atoms with Crippen LogP contribution in [0.1, 0.15) is 24.3 Å². The summed E-state index contributed by atoms with van der Waals surface area (Å²) in [6.45, 7) is 0. The molecule has 10 nitrogen and oxygen atoms in total. The summed E-state index contributed by atoms with van der Waals surface area (Å²) in [4.78, 5) is 62.6. The smallest absolute Gasteiger partial charge is 0.508 e. The fourth-order valence-corrected chi connectivity index (χ4v) is 7.85. The van der Waals surface area contributed by atoms with Crippen LogP contribution in [-0.2, 0) is 19.2 Å². The minimum atomic E-state index is -5.15. The zero-order chi connectivity index (χ0) is 32.1. The number of primary amides is 1. The first-order chi connectivity index (χ1) is 20.5. The predicted octanol–water partition coefficient (Wildman–Crippen LogP) is 4.07. The van der Waals surface area contributed by atoms with Crippen molar-refractivity contribution in [2.45, 2.75) is 34.9 Å². The highest BCUT2D eigenvalue weighted by molar-refractivity contribution is 6.58. The van der Waals surface area contributed by atoms with Gasteiger partial charge in [-0.15, -0.1) is 36.4 Å². The Morgan fingerprint density at radius 1 is 1.00 bits per heavy atom. The monoisotopic (exact) mass is 655 g/mol. The number of fused-ring (bicyclic) bond motifs is 4. The Morgan fingerprint density at radius 2 is 1.66 bits per heavy atom. The van der Waals surface area contributed by atoms with Crippen LogP contribution in [0.5, 0.6) is 11.5 Å². The van der Waals surface area contributed by atoms with Crippen LogP contribution in [0.4, 0.5) is 28.0 Å². The van der Waals surface area contributed by atoms with Crippen molar-refractivity contribution in [3.05, 3.63) is 65.5 Å². The number of carbonyl (C=O) groups is 5. The topological polar surface area (TPSA) is 147 Å². The van der Waals surface area contributed by atoms with Crippen molar-refractivity contribution in [3.8, 4) is 11.5 Å². The maximum atomic E-state index is 14.2. The number of hydrogen-bond donors (Lipinski definition) is 2. The van der Waals surface area contributed by atoms with Crippen LogP contribution < -0.4 is 15.4 Å². The molecule has 2 heterocycles. The molecule has 2 saturated heterocycles. The second kappa shape index (κ2) is 9.66. The predicted molar refractivity (Wildman–Crippen MR) is 143 cm³/mol. The number of urea groups is 1. The van der Waals surface area contributed by atoms with Gasteiger partial charge in [0.2, 0.25) is 11.8 Å². The number of halogens is 6. The van der Waals surface area contributed by atoms with Crippen molar-refractivity contribution in [2.75, 3.05) is 4.90 Å². The van der Waals surface area contributed by atoms with E-state index in [1.807, 2.05) is 0 Å². The fourth-order valence-electron chi connectivity index (χ4n) is 6.92. The van der Waals surface area contributed by atoms with Gasteiger partial charge in [0.05, 0.1) is 17.5 Å². The Morgan fingerprint density at radius 3 is 2.27 bits per heavy atom. The first-order valence-electron chi connectivity index (χ1n) is 13.0. The molecule has 2 aromatic rings. The Balaban J connectivity index is 1.58. The number of ether oxygens (including phenoxy) is 1. The molecule has 0 radical (unpaired) electrons. The van der Waals surface area contributed by atoms with Gasteiger partial charge in [-0.1, -0.05) is 11.6 Å². The number of aromatic hydroxyl groups is 1. The van der Waals surface area contributed by atoms with Crippen LogP contribution in [0.15, 0.2) is 54.1 Å². The first kappa shape index (κ1) is 29.9. The zero-order valence-electron chi connectivity index (χ0n) is 22.0. The molecule has 0 aromatic heterocycles. The molecule has 4 aliphatic rings. The van der Waals surface area contributed by atoms with E-state index in [4.69, 9.17) is 28.9 Å². The van der Waals surface area contributed by atoms with Gasteiger partial charge in [-0.05, 0) is 61.2 Å². The second-order valence-electron chi connectivity index (χ2n) is 10.9. The highest BCUT2D eigenvalue weighted by Crippen LogP contribution is 2.66. The van der Waals surface area contributed by atoms with E-state index in [0.717, 1.165) is 42.5 Å². The Kier molecular flexibility index (Phi) is 6.56. The average molecular weight is 656 g/mol. The minimum Gasteiger partial charge on any atom is -0.508 e. The molecule has 6 rings (SSSR count). The fraction of sp³-hybridized carbons (Fsp3) is 0.321. The summed E-state index contributed by atoms with van der Waals surface area (Å²) in [6, 6.07) is 5.27. The van der Waals surface area contributed by atoms with Crippen molar-refractivity contribution in [2.24, 2.45) is 23.5 Å².